The number of hydrogen-bond acceptors (Lipinski definition) is 4. The van der Waals surface area contributed by atoms with E-state index in [9.17, 15) is 4.79 Å². The van der Waals surface area contributed by atoms with Crippen LogP contribution in [-0.4, -0.2) is 75.2 Å². The van der Waals surface area contributed by atoms with Gasteiger partial charge in [0.2, 0.25) is 5.91 Å². The van der Waals surface area contributed by atoms with E-state index in [-0.39, 0.29) is 0 Å². The summed E-state index contributed by atoms with van der Waals surface area (Å²) >= 11 is 0. The number of rotatable bonds is 5. The van der Waals surface area contributed by atoms with Crippen molar-refractivity contribution in [2.24, 2.45) is 5.92 Å². The third kappa shape index (κ3) is 5.09. The lowest BCUT2D eigenvalue weighted by atomic mass is 10.0. The first-order valence-electron chi connectivity index (χ1n) is 7.50. The number of nitrogens with zero attached hydrogens (tertiary/aromatic N) is 2. The number of carbonyl (C=O) groups excluding carboxylic acids is 1. The molecule has 2 heterocycles. The van der Waals surface area contributed by atoms with Gasteiger partial charge in [-0.05, 0) is 25.8 Å². The molecule has 110 valence electrons. The van der Waals surface area contributed by atoms with Crippen LogP contribution in [0.2, 0.25) is 0 Å². The summed E-state index contributed by atoms with van der Waals surface area (Å²) < 4.78 is 5.49. The van der Waals surface area contributed by atoms with Crippen molar-refractivity contribution in [3.05, 3.63) is 0 Å². The summed E-state index contributed by atoms with van der Waals surface area (Å²) in [6.45, 7) is 7.30. The summed E-state index contributed by atoms with van der Waals surface area (Å²) in [5, 5.41) is 3.27. The van der Waals surface area contributed by atoms with Crippen LogP contribution in [0.4, 0.5) is 0 Å². The molecule has 1 atom stereocenters. The van der Waals surface area contributed by atoms with E-state index in [1.165, 1.54) is 12.8 Å². The lowest BCUT2D eigenvalue weighted by Crippen LogP contribution is -2.47. The highest BCUT2D eigenvalue weighted by molar-refractivity contribution is 5.76. The van der Waals surface area contributed by atoms with Crippen LogP contribution < -0.4 is 5.32 Å². The van der Waals surface area contributed by atoms with Crippen molar-refractivity contribution in [3.8, 4) is 0 Å². The van der Waals surface area contributed by atoms with Crippen LogP contribution in [-0.2, 0) is 9.53 Å². The molecule has 2 rings (SSSR count). The van der Waals surface area contributed by atoms with Gasteiger partial charge in [-0.2, -0.15) is 0 Å². The SMILES string of the molecule is CN(CCC(=O)N1CCNCC1)CC1CCCOC1. The monoisotopic (exact) mass is 269 g/mol. The van der Waals surface area contributed by atoms with Gasteiger partial charge in [-0.3, -0.25) is 4.79 Å². The fraction of sp³-hybridized carbons (Fsp3) is 0.929. The molecule has 0 aromatic carbocycles. The highest BCUT2D eigenvalue weighted by atomic mass is 16.5. The largest absolute Gasteiger partial charge is 0.381 e. The molecule has 2 saturated heterocycles. The van der Waals surface area contributed by atoms with E-state index in [1.807, 2.05) is 4.90 Å². The smallest absolute Gasteiger partial charge is 0.223 e. The van der Waals surface area contributed by atoms with Crippen LogP contribution in [0.25, 0.3) is 0 Å². The van der Waals surface area contributed by atoms with E-state index < -0.39 is 0 Å². The van der Waals surface area contributed by atoms with Gasteiger partial charge in [0.25, 0.3) is 0 Å². The summed E-state index contributed by atoms with van der Waals surface area (Å²) in [5.74, 6) is 0.946. The Bertz CT molecular complexity index is 274. The number of ether oxygens (including phenoxy) is 1. The van der Waals surface area contributed by atoms with Crippen LogP contribution in [0, 0.1) is 5.92 Å². The molecule has 1 N–H and O–H groups in total. The topological polar surface area (TPSA) is 44.8 Å². The lowest BCUT2D eigenvalue weighted by molar-refractivity contribution is -0.132. The van der Waals surface area contributed by atoms with Crippen molar-refractivity contribution in [2.45, 2.75) is 19.3 Å². The van der Waals surface area contributed by atoms with E-state index >= 15 is 0 Å². The summed E-state index contributed by atoms with van der Waals surface area (Å²) in [4.78, 5) is 16.3. The normalized spacial score (nSPS) is 24.7. The molecule has 0 aromatic heterocycles. The van der Waals surface area contributed by atoms with Crippen molar-refractivity contribution in [3.63, 3.8) is 0 Å². The van der Waals surface area contributed by atoms with Crippen molar-refractivity contribution >= 4 is 5.91 Å². The van der Waals surface area contributed by atoms with Crippen molar-refractivity contribution in [2.75, 3.05) is 59.5 Å². The quantitative estimate of drug-likeness (QED) is 0.772. The first kappa shape index (κ1) is 14.8. The third-order valence-electron chi connectivity index (χ3n) is 4.00. The van der Waals surface area contributed by atoms with Gasteiger partial charge < -0.3 is 19.9 Å². The lowest BCUT2D eigenvalue weighted by Gasteiger charge is -2.29. The Hall–Kier alpha value is -0.650. The van der Waals surface area contributed by atoms with Gasteiger partial charge >= 0.3 is 0 Å². The van der Waals surface area contributed by atoms with E-state index in [4.69, 9.17) is 4.74 Å². The molecule has 5 nitrogen and oxygen atoms in total. The van der Waals surface area contributed by atoms with Gasteiger partial charge in [-0.25, -0.2) is 0 Å². The van der Waals surface area contributed by atoms with Crippen LogP contribution in [0.3, 0.4) is 0 Å². The minimum Gasteiger partial charge on any atom is -0.381 e. The molecule has 2 aliphatic heterocycles. The maximum absolute atomic E-state index is 12.0. The van der Waals surface area contributed by atoms with Gasteiger partial charge in [-0.1, -0.05) is 0 Å². The molecule has 2 fully saturated rings. The van der Waals surface area contributed by atoms with Crippen LogP contribution in [0.15, 0.2) is 0 Å². The van der Waals surface area contributed by atoms with Crippen LogP contribution in [0.5, 0.6) is 0 Å². The Morgan fingerprint density at radius 3 is 2.89 bits per heavy atom. The molecule has 2 aliphatic rings. The minimum atomic E-state index is 0.299. The molecule has 1 amide bonds. The predicted octanol–water partition coefficient (Wildman–Crippen LogP) is 0.167. The number of hydrogen-bond donors (Lipinski definition) is 1. The Morgan fingerprint density at radius 2 is 2.21 bits per heavy atom. The second-order valence-electron chi connectivity index (χ2n) is 5.73. The molecular weight excluding hydrogens is 242 g/mol. The Balaban J connectivity index is 1.61. The molecular formula is C14H27N3O2. The summed E-state index contributed by atoms with van der Waals surface area (Å²) in [5.41, 5.74) is 0. The summed E-state index contributed by atoms with van der Waals surface area (Å²) in [6, 6.07) is 0. The van der Waals surface area contributed by atoms with Gasteiger partial charge in [0.05, 0.1) is 6.61 Å². The third-order valence-corrected chi connectivity index (χ3v) is 4.00. The second kappa shape index (κ2) is 7.82. The van der Waals surface area contributed by atoms with Crippen molar-refractivity contribution < 1.29 is 9.53 Å². The molecule has 0 saturated carbocycles. The van der Waals surface area contributed by atoms with E-state index in [0.29, 0.717) is 18.2 Å². The standard InChI is InChI=1S/C14H27N3O2/c1-16(11-13-3-2-10-19-12-13)7-4-14(18)17-8-5-15-6-9-17/h13,15H,2-12H2,1H3. The molecule has 0 aromatic rings. The zero-order valence-corrected chi connectivity index (χ0v) is 12.1. The molecule has 19 heavy (non-hydrogen) atoms. The first-order chi connectivity index (χ1) is 9.25. The van der Waals surface area contributed by atoms with Gasteiger partial charge in [-0.15, -0.1) is 0 Å². The molecule has 0 radical (unpaired) electrons. The number of carbonyl (C=O) groups is 1. The van der Waals surface area contributed by atoms with E-state index in [1.54, 1.807) is 0 Å². The molecule has 5 heteroatoms. The average molecular weight is 269 g/mol. The van der Waals surface area contributed by atoms with Gasteiger partial charge in [0.1, 0.15) is 0 Å². The minimum absolute atomic E-state index is 0.299. The highest BCUT2D eigenvalue weighted by Crippen LogP contribution is 2.14. The zero-order valence-electron chi connectivity index (χ0n) is 12.1. The fourth-order valence-electron chi connectivity index (χ4n) is 2.84. The number of amides is 1. The first-order valence-corrected chi connectivity index (χ1v) is 7.50. The van der Waals surface area contributed by atoms with Crippen molar-refractivity contribution in [1.29, 1.82) is 0 Å². The maximum Gasteiger partial charge on any atom is 0.223 e. The molecule has 0 aliphatic carbocycles. The molecule has 0 bridgehead atoms. The van der Waals surface area contributed by atoms with Crippen LogP contribution in [0.1, 0.15) is 19.3 Å². The average Bonchev–Trinajstić information content (AvgIpc) is 2.47. The summed E-state index contributed by atoms with van der Waals surface area (Å²) in [7, 11) is 2.11. The highest BCUT2D eigenvalue weighted by Gasteiger charge is 2.18. The Kier molecular flexibility index (Phi) is 6.07. The maximum atomic E-state index is 12.0. The van der Waals surface area contributed by atoms with E-state index in [2.05, 4.69) is 17.3 Å². The van der Waals surface area contributed by atoms with Crippen LogP contribution >= 0.6 is 0 Å². The Morgan fingerprint density at radius 1 is 1.42 bits per heavy atom. The zero-order chi connectivity index (χ0) is 13.5. The molecule has 1 unspecified atom stereocenters. The summed E-state index contributed by atoms with van der Waals surface area (Å²) in [6.07, 6.45) is 3.08. The van der Waals surface area contributed by atoms with E-state index in [0.717, 1.165) is 52.5 Å². The fourth-order valence-corrected chi connectivity index (χ4v) is 2.84. The Labute approximate surface area is 116 Å². The molecule has 0 spiro atoms. The van der Waals surface area contributed by atoms with Gasteiger partial charge in [0, 0.05) is 52.3 Å². The van der Waals surface area contributed by atoms with Crippen molar-refractivity contribution in [1.82, 2.24) is 15.1 Å². The van der Waals surface area contributed by atoms with Gasteiger partial charge in [0.15, 0.2) is 0 Å². The predicted molar refractivity (Wildman–Crippen MR) is 75.1 cm³/mol. The second-order valence-corrected chi connectivity index (χ2v) is 5.73. The number of nitrogens with one attached hydrogen (secondary N) is 1. The number of piperazine rings is 1.